The van der Waals surface area contributed by atoms with E-state index in [0.717, 1.165) is 0 Å². The highest BCUT2D eigenvalue weighted by Gasteiger charge is 2.79. The molecule has 2 aliphatic rings. The summed E-state index contributed by atoms with van der Waals surface area (Å²) < 4.78 is 12.0. The minimum Gasteiger partial charge on any atom is -0.447 e. The molecular formula is C20H14N4O2S. The Labute approximate surface area is 160 Å². The average Bonchev–Trinajstić information content (AvgIpc) is 3.27. The molecule has 1 aromatic carbocycles. The third kappa shape index (κ3) is 1.92. The van der Waals surface area contributed by atoms with Gasteiger partial charge in [0, 0.05) is 11.8 Å². The van der Waals surface area contributed by atoms with Crippen LogP contribution in [0.3, 0.4) is 0 Å². The minimum atomic E-state index is -1.93. The normalized spacial score (nSPS) is 33.3. The van der Waals surface area contributed by atoms with Crippen molar-refractivity contribution < 1.29 is 9.47 Å². The number of fused-ring (bicyclic) bond motifs is 2. The lowest BCUT2D eigenvalue weighted by molar-refractivity contribution is -0.252. The van der Waals surface area contributed by atoms with Crippen LogP contribution in [0.2, 0.25) is 0 Å². The minimum absolute atomic E-state index is 0.400. The molecule has 1 aromatic heterocycles. The van der Waals surface area contributed by atoms with E-state index < -0.39 is 34.5 Å². The van der Waals surface area contributed by atoms with E-state index in [1.807, 2.05) is 23.6 Å². The van der Waals surface area contributed by atoms with Gasteiger partial charge in [0.25, 0.3) is 0 Å². The standard InChI is InChI=1S/C20H14N4O2S/c1-18-15(13-6-3-2-4-7-13)20(12-23,17(24)26-18)19(10-21,11-22)16(25-18)14-8-5-9-27-14/h2-9,15-16,24H,1H3. The quantitative estimate of drug-likeness (QED) is 0.857. The molecule has 4 rings (SSSR count). The van der Waals surface area contributed by atoms with Crippen LogP contribution >= 0.6 is 11.3 Å². The number of thiophene rings is 1. The van der Waals surface area contributed by atoms with Crippen LogP contribution in [0.4, 0.5) is 0 Å². The summed E-state index contributed by atoms with van der Waals surface area (Å²) in [5.74, 6) is -2.54. The van der Waals surface area contributed by atoms with Crippen molar-refractivity contribution in [1.82, 2.24) is 0 Å². The molecule has 0 amide bonds. The molecule has 2 aliphatic heterocycles. The topological polar surface area (TPSA) is 114 Å². The van der Waals surface area contributed by atoms with Crippen molar-refractivity contribution in [3.63, 3.8) is 0 Å². The average molecular weight is 374 g/mol. The van der Waals surface area contributed by atoms with E-state index in [9.17, 15) is 15.8 Å². The van der Waals surface area contributed by atoms with Crippen LogP contribution in [0.25, 0.3) is 0 Å². The number of hydrogen-bond acceptors (Lipinski definition) is 7. The molecule has 0 spiro atoms. The second-order valence-electron chi connectivity index (χ2n) is 6.76. The van der Waals surface area contributed by atoms with Gasteiger partial charge in [0.15, 0.2) is 5.41 Å². The molecule has 2 bridgehead atoms. The monoisotopic (exact) mass is 374 g/mol. The molecule has 4 atom stereocenters. The molecule has 0 aliphatic carbocycles. The van der Waals surface area contributed by atoms with Gasteiger partial charge in [-0.3, -0.25) is 5.41 Å². The first-order valence-corrected chi connectivity index (χ1v) is 9.15. The molecule has 0 radical (unpaired) electrons. The third-order valence-corrected chi connectivity index (χ3v) is 6.37. The van der Waals surface area contributed by atoms with Gasteiger partial charge in [-0.25, -0.2) is 0 Å². The zero-order chi connectivity index (χ0) is 19.3. The highest BCUT2D eigenvalue weighted by molar-refractivity contribution is 7.10. The van der Waals surface area contributed by atoms with E-state index in [1.165, 1.54) is 11.3 Å². The van der Waals surface area contributed by atoms with Crippen molar-refractivity contribution >= 4 is 17.2 Å². The van der Waals surface area contributed by atoms with Gasteiger partial charge in [-0.15, -0.1) is 11.3 Å². The number of ether oxygens (including phenoxy) is 2. The van der Waals surface area contributed by atoms with E-state index >= 15 is 0 Å². The molecule has 1 N–H and O–H groups in total. The van der Waals surface area contributed by atoms with Crippen LogP contribution in [-0.2, 0) is 9.47 Å². The first kappa shape index (κ1) is 17.2. The molecule has 0 saturated carbocycles. The Balaban J connectivity index is 2.06. The van der Waals surface area contributed by atoms with E-state index in [-0.39, 0.29) is 0 Å². The van der Waals surface area contributed by atoms with Gasteiger partial charge in [-0.05, 0) is 17.0 Å². The van der Waals surface area contributed by atoms with E-state index in [2.05, 4.69) is 6.07 Å². The first-order valence-electron chi connectivity index (χ1n) is 8.27. The van der Waals surface area contributed by atoms with Crippen molar-refractivity contribution in [2.45, 2.75) is 24.7 Å². The predicted octanol–water partition coefficient (Wildman–Crippen LogP) is 3.87. The van der Waals surface area contributed by atoms with E-state index in [0.29, 0.717) is 10.4 Å². The lowest BCUT2D eigenvalue weighted by Crippen LogP contribution is -2.57. The maximum absolute atomic E-state index is 10.3. The number of nitrogens with zero attached hydrogens (tertiary/aromatic N) is 3. The fourth-order valence-corrected chi connectivity index (χ4v) is 5.15. The molecule has 6 nitrogen and oxygen atoms in total. The fourth-order valence-electron chi connectivity index (χ4n) is 4.33. The Kier molecular flexibility index (Phi) is 3.61. The third-order valence-electron chi connectivity index (χ3n) is 5.45. The Hall–Kier alpha value is -3.18. The Morgan fingerprint density at radius 1 is 1.04 bits per heavy atom. The summed E-state index contributed by atoms with van der Waals surface area (Å²) in [5, 5.41) is 40.9. The zero-order valence-corrected chi connectivity index (χ0v) is 15.2. The molecule has 2 saturated heterocycles. The molecule has 7 heteroatoms. The molecule has 3 heterocycles. The summed E-state index contributed by atoms with van der Waals surface area (Å²) in [4.78, 5) is 0.647. The number of benzene rings is 1. The van der Waals surface area contributed by atoms with Gasteiger partial charge < -0.3 is 9.47 Å². The lowest BCUT2D eigenvalue weighted by Gasteiger charge is -2.48. The van der Waals surface area contributed by atoms with Crippen molar-refractivity contribution in [2.24, 2.45) is 10.8 Å². The zero-order valence-electron chi connectivity index (χ0n) is 14.3. The number of nitrogens with one attached hydrogen (secondary N) is 1. The van der Waals surface area contributed by atoms with Gasteiger partial charge in [-0.1, -0.05) is 36.4 Å². The summed E-state index contributed by atoms with van der Waals surface area (Å²) in [5.41, 5.74) is -3.04. The SMILES string of the molecule is CC12OC(=N)C(C#N)(C1c1ccccc1)C(C#N)(C#N)C(c1cccs1)O2. The number of hydrogen-bond donors (Lipinski definition) is 1. The molecule has 2 aromatic rings. The molecule has 2 fully saturated rings. The van der Waals surface area contributed by atoms with Gasteiger partial charge >= 0.3 is 0 Å². The maximum atomic E-state index is 10.3. The van der Waals surface area contributed by atoms with E-state index in [4.69, 9.17) is 14.9 Å². The largest absolute Gasteiger partial charge is 0.447 e. The van der Waals surface area contributed by atoms with Crippen LogP contribution in [0, 0.1) is 50.2 Å². The highest BCUT2D eigenvalue weighted by atomic mass is 32.1. The van der Waals surface area contributed by atoms with Crippen LogP contribution < -0.4 is 0 Å². The highest BCUT2D eigenvalue weighted by Crippen LogP contribution is 2.69. The van der Waals surface area contributed by atoms with Crippen LogP contribution in [0.15, 0.2) is 47.8 Å². The van der Waals surface area contributed by atoms with Crippen molar-refractivity contribution in [3.8, 4) is 18.2 Å². The van der Waals surface area contributed by atoms with Crippen LogP contribution in [0.5, 0.6) is 0 Å². The fraction of sp³-hybridized carbons (Fsp3) is 0.300. The Morgan fingerprint density at radius 3 is 2.30 bits per heavy atom. The summed E-state index contributed by atoms with van der Waals surface area (Å²) >= 11 is 1.34. The summed E-state index contributed by atoms with van der Waals surface area (Å²) in [7, 11) is 0. The first-order chi connectivity index (χ1) is 13.0. The number of nitriles is 3. The summed E-state index contributed by atoms with van der Waals surface area (Å²) in [6.45, 7) is 1.66. The van der Waals surface area contributed by atoms with Gasteiger partial charge in [0.05, 0.1) is 24.1 Å². The van der Waals surface area contributed by atoms with Crippen molar-refractivity contribution in [3.05, 3.63) is 58.3 Å². The smallest absolute Gasteiger partial charge is 0.218 e. The van der Waals surface area contributed by atoms with Gasteiger partial charge in [0.1, 0.15) is 6.10 Å². The molecule has 4 unspecified atom stereocenters. The summed E-state index contributed by atoms with van der Waals surface area (Å²) in [6, 6.07) is 18.8. The second-order valence-corrected chi connectivity index (χ2v) is 7.73. The van der Waals surface area contributed by atoms with E-state index in [1.54, 1.807) is 43.3 Å². The van der Waals surface area contributed by atoms with Gasteiger partial charge in [-0.2, -0.15) is 15.8 Å². The van der Waals surface area contributed by atoms with Crippen LogP contribution in [-0.4, -0.2) is 11.7 Å². The van der Waals surface area contributed by atoms with Crippen LogP contribution in [0.1, 0.15) is 29.4 Å². The molecule has 132 valence electrons. The van der Waals surface area contributed by atoms with Gasteiger partial charge in [0.2, 0.25) is 17.1 Å². The lowest BCUT2D eigenvalue weighted by atomic mass is 9.53. The van der Waals surface area contributed by atoms with Crippen molar-refractivity contribution in [2.75, 3.05) is 0 Å². The summed E-state index contributed by atoms with van der Waals surface area (Å²) in [6.07, 6.45) is -1.00. The second kappa shape index (κ2) is 5.66. The van der Waals surface area contributed by atoms with Crippen molar-refractivity contribution in [1.29, 1.82) is 21.2 Å². The Morgan fingerprint density at radius 2 is 1.74 bits per heavy atom. The predicted molar refractivity (Wildman–Crippen MR) is 96.2 cm³/mol. The number of rotatable bonds is 2. The maximum Gasteiger partial charge on any atom is 0.218 e. The molecular weight excluding hydrogens is 360 g/mol. The Bertz CT molecular complexity index is 1020. The molecule has 27 heavy (non-hydrogen) atoms.